The van der Waals surface area contributed by atoms with E-state index in [0.717, 1.165) is 0 Å². The summed E-state index contributed by atoms with van der Waals surface area (Å²) in [6, 6.07) is 21.5. The van der Waals surface area contributed by atoms with Crippen molar-refractivity contribution in [2.75, 3.05) is 5.32 Å². The third kappa shape index (κ3) is 4.37. The Bertz CT molecular complexity index is 1830. The predicted molar refractivity (Wildman–Crippen MR) is 150 cm³/mol. The van der Waals surface area contributed by atoms with Crippen molar-refractivity contribution in [1.29, 1.82) is 0 Å². The van der Waals surface area contributed by atoms with Crippen molar-refractivity contribution < 1.29 is 15.0 Å². The number of phenols is 1. The molecule has 5 aromatic rings. The fourth-order valence-electron chi connectivity index (χ4n) is 4.95. The van der Waals surface area contributed by atoms with Crippen LogP contribution >= 0.6 is 0 Å². The maximum Gasteiger partial charge on any atom is 0.295 e. The van der Waals surface area contributed by atoms with Crippen LogP contribution in [0.1, 0.15) is 34.1 Å². The molecule has 0 radical (unpaired) electrons. The van der Waals surface area contributed by atoms with Gasteiger partial charge in [0.1, 0.15) is 22.7 Å². The van der Waals surface area contributed by atoms with E-state index in [2.05, 4.69) is 5.32 Å². The van der Waals surface area contributed by atoms with Gasteiger partial charge in [0.2, 0.25) is 0 Å². The van der Waals surface area contributed by atoms with E-state index >= 15 is 0 Å². The summed E-state index contributed by atoms with van der Waals surface area (Å²) >= 11 is 0. The van der Waals surface area contributed by atoms with Crippen LogP contribution in [0.2, 0.25) is 0 Å². The molecular formula is C30H28N4O5. The summed E-state index contributed by atoms with van der Waals surface area (Å²) in [7, 11) is 3.30. The maximum atomic E-state index is 13.6. The van der Waals surface area contributed by atoms with Crippen molar-refractivity contribution in [2.45, 2.75) is 19.4 Å². The second-order valence-electron chi connectivity index (χ2n) is 9.42. The van der Waals surface area contributed by atoms with E-state index in [9.17, 15) is 24.6 Å². The number of carbonyl (C=O) groups is 1. The molecule has 3 aromatic carbocycles. The average molecular weight is 525 g/mol. The first kappa shape index (κ1) is 25.6. The van der Waals surface area contributed by atoms with Gasteiger partial charge in [0.05, 0.1) is 22.9 Å². The number of hydrogen-bond acceptors (Lipinski definition) is 6. The summed E-state index contributed by atoms with van der Waals surface area (Å²) in [4.78, 5) is 40.4. The number of rotatable bonds is 7. The van der Waals surface area contributed by atoms with Gasteiger partial charge in [-0.1, -0.05) is 48.5 Å². The van der Waals surface area contributed by atoms with Gasteiger partial charge in [-0.05, 0) is 37.3 Å². The van der Waals surface area contributed by atoms with Crippen molar-refractivity contribution in [3.63, 3.8) is 0 Å². The highest BCUT2D eigenvalue weighted by atomic mass is 16.3. The standard InChI is InChI=1S/C30H28N4O5/c1-18-27(30(39)34(33(18)3)19-11-5-4-6-12-19)31-22(20-13-8-10-16-24(20)35)17-25(36)26-28(37)21-14-7-9-15-23(21)32(2)29(26)38/h4-16,22,31,35,37H,17H2,1-3H3/t22-/m1/s1. The van der Waals surface area contributed by atoms with Crippen molar-refractivity contribution >= 4 is 22.4 Å². The lowest BCUT2D eigenvalue weighted by atomic mass is 9.96. The van der Waals surface area contributed by atoms with Crippen molar-refractivity contribution in [3.05, 3.63) is 116 Å². The van der Waals surface area contributed by atoms with E-state index in [1.807, 2.05) is 30.3 Å². The Balaban J connectivity index is 1.60. The average Bonchev–Trinajstić information content (AvgIpc) is 3.15. The first-order chi connectivity index (χ1) is 18.7. The summed E-state index contributed by atoms with van der Waals surface area (Å²) in [6.07, 6.45) is -0.308. The zero-order valence-electron chi connectivity index (χ0n) is 21.8. The number of pyridine rings is 1. The molecule has 0 saturated heterocycles. The van der Waals surface area contributed by atoms with Crippen LogP contribution in [0.5, 0.6) is 11.5 Å². The number of fused-ring (bicyclic) bond motifs is 1. The largest absolute Gasteiger partial charge is 0.508 e. The fraction of sp³-hybridized carbons (Fsp3) is 0.167. The van der Waals surface area contributed by atoms with Crippen LogP contribution in [-0.4, -0.2) is 29.9 Å². The Kier molecular flexibility index (Phi) is 6.57. The van der Waals surface area contributed by atoms with Crippen LogP contribution in [0.3, 0.4) is 0 Å². The van der Waals surface area contributed by atoms with E-state index < -0.39 is 23.1 Å². The van der Waals surface area contributed by atoms with Crippen molar-refractivity contribution in [3.8, 4) is 17.2 Å². The smallest absolute Gasteiger partial charge is 0.295 e. The number of nitrogens with zero attached hydrogens (tertiary/aromatic N) is 3. The summed E-state index contributed by atoms with van der Waals surface area (Å²) in [6.45, 7) is 1.78. The number of benzene rings is 3. The first-order valence-electron chi connectivity index (χ1n) is 12.4. The molecule has 0 saturated carbocycles. The topological polar surface area (TPSA) is 118 Å². The van der Waals surface area contributed by atoms with Gasteiger partial charge in [-0.15, -0.1) is 0 Å². The SMILES string of the molecule is Cc1c(N[C@H](CC(=O)c2c(O)c3ccccc3n(C)c2=O)c2ccccc2O)c(=O)n(-c2ccccc2)n1C. The van der Waals surface area contributed by atoms with Gasteiger partial charge in [-0.3, -0.25) is 19.1 Å². The van der Waals surface area contributed by atoms with Crippen molar-refractivity contribution in [2.24, 2.45) is 14.1 Å². The number of hydrogen-bond donors (Lipinski definition) is 3. The Morgan fingerprint density at radius 3 is 2.23 bits per heavy atom. The zero-order valence-corrected chi connectivity index (χ0v) is 21.8. The molecule has 0 bridgehead atoms. The molecule has 0 amide bonds. The van der Waals surface area contributed by atoms with Gasteiger partial charge in [0.15, 0.2) is 5.78 Å². The third-order valence-corrected chi connectivity index (χ3v) is 7.13. The molecule has 9 nitrogen and oxygen atoms in total. The number of aryl methyl sites for hydroxylation is 1. The summed E-state index contributed by atoms with van der Waals surface area (Å²) < 4.78 is 4.53. The lowest BCUT2D eigenvalue weighted by molar-refractivity contribution is 0.0972. The molecule has 9 heteroatoms. The minimum absolute atomic E-state index is 0.0737. The molecule has 5 rings (SSSR count). The molecule has 3 N–H and O–H groups in total. The van der Waals surface area contributed by atoms with Crippen LogP contribution in [0.25, 0.3) is 16.6 Å². The molecule has 2 heterocycles. The Labute approximate surface area is 223 Å². The van der Waals surface area contributed by atoms with Crippen LogP contribution in [0.4, 0.5) is 5.69 Å². The number of anilines is 1. The van der Waals surface area contributed by atoms with Gasteiger partial charge in [0, 0.05) is 31.5 Å². The second kappa shape index (κ2) is 10.0. The molecular weight excluding hydrogens is 496 g/mol. The molecule has 1 atom stereocenters. The molecule has 2 aromatic heterocycles. The van der Waals surface area contributed by atoms with Crippen LogP contribution in [-0.2, 0) is 14.1 Å². The quantitative estimate of drug-likeness (QED) is 0.275. The summed E-state index contributed by atoms with van der Waals surface area (Å²) in [5, 5.41) is 25.1. The van der Waals surface area contributed by atoms with E-state index in [1.54, 1.807) is 68.2 Å². The summed E-state index contributed by atoms with van der Waals surface area (Å²) in [5.74, 6) is -1.09. The van der Waals surface area contributed by atoms with Gasteiger partial charge in [-0.2, -0.15) is 0 Å². The van der Waals surface area contributed by atoms with E-state index in [-0.39, 0.29) is 29.0 Å². The van der Waals surface area contributed by atoms with Crippen LogP contribution in [0.15, 0.2) is 88.5 Å². The number of Topliss-reactive ketones (excluding diaryl/α,β-unsaturated/α-hetero) is 1. The Hall–Kier alpha value is -5.05. The zero-order chi connectivity index (χ0) is 27.8. The molecule has 0 aliphatic carbocycles. The lowest BCUT2D eigenvalue weighted by Crippen LogP contribution is -2.27. The number of phenolic OH excluding ortho intramolecular Hbond substituents is 1. The lowest BCUT2D eigenvalue weighted by Gasteiger charge is -2.21. The highest BCUT2D eigenvalue weighted by Gasteiger charge is 2.28. The highest BCUT2D eigenvalue weighted by molar-refractivity contribution is 6.03. The molecule has 0 aliphatic heterocycles. The van der Waals surface area contributed by atoms with E-state index in [4.69, 9.17) is 0 Å². The van der Waals surface area contributed by atoms with Gasteiger partial charge < -0.3 is 20.1 Å². The van der Waals surface area contributed by atoms with Gasteiger partial charge in [-0.25, -0.2) is 4.68 Å². The highest BCUT2D eigenvalue weighted by Crippen LogP contribution is 2.33. The first-order valence-corrected chi connectivity index (χ1v) is 12.4. The van der Waals surface area contributed by atoms with Crippen LogP contribution < -0.4 is 16.4 Å². The molecule has 39 heavy (non-hydrogen) atoms. The number of nitrogens with one attached hydrogen (secondary N) is 1. The molecule has 0 unspecified atom stereocenters. The molecule has 0 spiro atoms. The molecule has 198 valence electrons. The predicted octanol–water partition coefficient (Wildman–Crippen LogP) is 4.17. The van der Waals surface area contributed by atoms with Gasteiger partial charge in [0.25, 0.3) is 11.1 Å². The van der Waals surface area contributed by atoms with E-state index in [0.29, 0.717) is 27.8 Å². The normalized spacial score (nSPS) is 12.0. The Morgan fingerprint density at radius 1 is 0.872 bits per heavy atom. The number of ketones is 1. The number of carbonyl (C=O) groups excluding carboxylic acids is 1. The summed E-state index contributed by atoms with van der Waals surface area (Å²) in [5.41, 5.74) is 1.09. The Morgan fingerprint density at radius 2 is 1.51 bits per heavy atom. The number of aromatic hydroxyl groups is 2. The fourth-order valence-corrected chi connectivity index (χ4v) is 4.95. The molecule has 0 aliphatic rings. The van der Waals surface area contributed by atoms with Crippen molar-refractivity contribution in [1.82, 2.24) is 13.9 Å². The number of aromatic nitrogens is 3. The monoisotopic (exact) mass is 524 g/mol. The maximum absolute atomic E-state index is 13.6. The van der Waals surface area contributed by atoms with Crippen LogP contribution in [0, 0.1) is 6.92 Å². The molecule has 0 fully saturated rings. The van der Waals surface area contributed by atoms with Gasteiger partial charge >= 0.3 is 0 Å². The second-order valence-corrected chi connectivity index (χ2v) is 9.42. The third-order valence-electron chi connectivity index (χ3n) is 7.13. The number of para-hydroxylation sites is 3. The minimum atomic E-state index is -0.882. The van der Waals surface area contributed by atoms with E-state index in [1.165, 1.54) is 15.3 Å². The minimum Gasteiger partial charge on any atom is -0.508 e.